The van der Waals surface area contributed by atoms with E-state index in [9.17, 15) is 5.26 Å². The summed E-state index contributed by atoms with van der Waals surface area (Å²) in [5.74, 6) is 1.74. The zero-order chi connectivity index (χ0) is 44.4. The van der Waals surface area contributed by atoms with Crippen LogP contribution in [-0.2, 0) is 0 Å². The lowest BCUT2D eigenvalue weighted by Crippen LogP contribution is -2.00. The molecule has 0 amide bonds. The van der Waals surface area contributed by atoms with Gasteiger partial charge in [-0.3, -0.25) is 9.97 Å². The molecule has 0 bridgehead atoms. The van der Waals surface area contributed by atoms with Gasteiger partial charge < -0.3 is 4.42 Å². The molecule has 7 nitrogen and oxygen atoms in total. The van der Waals surface area contributed by atoms with Crippen molar-refractivity contribution >= 4 is 65.3 Å². The van der Waals surface area contributed by atoms with Crippen LogP contribution < -0.4 is 0 Å². The largest absolute Gasteiger partial charge is 0.456 e. The van der Waals surface area contributed by atoms with E-state index in [1.165, 1.54) is 0 Å². The number of benzene rings is 9. The molecule has 4 aromatic heterocycles. The second kappa shape index (κ2) is 15.4. The van der Waals surface area contributed by atoms with Crippen LogP contribution in [-0.4, -0.2) is 24.9 Å². The Morgan fingerprint density at radius 3 is 1.60 bits per heavy atom. The van der Waals surface area contributed by atoms with Gasteiger partial charge in [0, 0.05) is 61.8 Å². The third-order valence-corrected chi connectivity index (χ3v) is 12.8. The molecule has 0 atom stereocenters. The first-order valence-corrected chi connectivity index (χ1v) is 22.1. The molecule has 0 radical (unpaired) electrons. The Labute approximate surface area is 384 Å². The van der Waals surface area contributed by atoms with Crippen LogP contribution in [0.15, 0.2) is 211 Å². The molecule has 0 saturated heterocycles. The monoisotopic (exact) mass is 854 g/mol. The van der Waals surface area contributed by atoms with E-state index < -0.39 is 0 Å². The summed E-state index contributed by atoms with van der Waals surface area (Å²) in [5, 5.41) is 18.1. The van der Waals surface area contributed by atoms with Gasteiger partial charge in [-0.1, -0.05) is 133 Å². The van der Waals surface area contributed by atoms with Crippen molar-refractivity contribution in [1.29, 1.82) is 5.26 Å². The fourth-order valence-corrected chi connectivity index (χ4v) is 9.68. The van der Waals surface area contributed by atoms with Gasteiger partial charge in [0.1, 0.15) is 11.2 Å². The molecule has 0 saturated carbocycles. The lowest BCUT2D eigenvalue weighted by molar-refractivity contribution is 0.669. The predicted octanol–water partition coefficient (Wildman–Crippen LogP) is 15.0. The molecular weight excluding hydrogens is 821 g/mol. The Balaban J connectivity index is 0.952. The number of rotatable bonds is 6. The Bertz CT molecular complexity index is 4170. The van der Waals surface area contributed by atoms with Gasteiger partial charge in [-0.2, -0.15) is 5.26 Å². The zero-order valence-corrected chi connectivity index (χ0v) is 35.7. The van der Waals surface area contributed by atoms with Crippen molar-refractivity contribution in [3.63, 3.8) is 0 Å². The highest BCUT2D eigenvalue weighted by Gasteiger charge is 2.20. The van der Waals surface area contributed by atoms with Gasteiger partial charge >= 0.3 is 0 Å². The normalized spacial score (nSPS) is 11.6. The minimum Gasteiger partial charge on any atom is -0.456 e. The van der Waals surface area contributed by atoms with Gasteiger partial charge in [-0.05, 0) is 104 Å². The molecule has 0 spiro atoms. The van der Waals surface area contributed by atoms with Crippen molar-refractivity contribution in [3.05, 3.63) is 212 Å². The van der Waals surface area contributed by atoms with Crippen LogP contribution in [0.4, 0.5) is 0 Å². The van der Waals surface area contributed by atoms with E-state index >= 15 is 0 Å². The number of hydrogen-bond acceptors (Lipinski definition) is 7. The molecule has 7 heteroatoms. The maximum absolute atomic E-state index is 9.49. The average molecular weight is 855 g/mol. The number of nitrogens with zero attached hydrogens (tertiary/aromatic N) is 6. The third kappa shape index (κ3) is 6.39. The Morgan fingerprint density at radius 1 is 0.328 bits per heavy atom. The SMILES string of the molecule is N#Cc1ccc(-c2cc3c4cccnc4c(-c4ccc(-c5cccc(-c6nc(-c7ccccc7)nc(-c7ccc8c(c7)oc7ccccc78)n6)c5)c5ccccc45)cc3c3cccnc23)cc1. The van der Waals surface area contributed by atoms with E-state index in [2.05, 4.69) is 109 Å². The van der Waals surface area contributed by atoms with Crippen LogP contribution in [0, 0.1) is 11.3 Å². The summed E-state index contributed by atoms with van der Waals surface area (Å²) in [7, 11) is 0. The van der Waals surface area contributed by atoms with E-state index in [4.69, 9.17) is 29.3 Å². The van der Waals surface area contributed by atoms with Crippen molar-refractivity contribution in [3.8, 4) is 73.6 Å². The molecule has 0 aliphatic heterocycles. The minimum absolute atomic E-state index is 0.566. The highest BCUT2D eigenvalue weighted by atomic mass is 16.3. The summed E-state index contributed by atoms with van der Waals surface area (Å²) >= 11 is 0. The summed E-state index contributed by atoms with van der Waals surface area (Å²) in [5.41, 5.74) is 13.0. The van der Waals surface area contributed by atoms with Crippen LogP contribution in [0.2, 0.25) is 0 Å². The predicted molar refractivity (Wildman–Crippen MR) is 270 cm³/mol. The first kappa shape index (κ1) is 38.1. The Hall–Kier alpha value is -9.38. The molecule has 0 fully saturated rings. The van der Waals surface area contributed by atoms with Crippen molar-refractivity contribution in [2.75, 3.05) is 0 Å². The number of pyridine rings is 2. The molecular formula is C60H34N6O. The lowest BCUT2D eigenvalue weighted by atomic mass is 9.88. The Kier molecular flexibility index (Phi) is 8.76. The first-order chi connectivity index (χ1) is 33.1. The summed E-state index contributed by atoms with van der Waals surface area (Å²) in [6, 6.07) is 68.6. The fourth-order valence-electron chi connectivity index (χ4n) is 9.68. The summed E-state index contributed by atoms with van der Waals surface area (Å²) in [6.45, 7) is 0. The molecule has 4 heterocycles. The standard InChI is InChI=1S/C60H34N6O/c61-35-36-21-23-37(24-22-36)50-33-51-49-19-10-30-63-57(49)53(34-52(51)48-18-9-29-62-56(48)50)45-28-27-42(43-15-4-5-16-44(43)45)39-13-8-14-40(31-39)59-64-58(38-11-2-1-3-12-38)65-60(66-59)41-25-26-47-46-17-6-7-20-54(46)67-55(47)32-41/h1-34H. The highest BCUT2D eigenvalue weighted by molar-refractivity contribution is 6.23. The first-order valence-electron chi connectivity index (χ1n) is 22.1. The number of para-hydroxylation sites is 1. The molecule has 13 aromatic rings. The van der Waals surface area contributed by atoms with E-state index in [0.29, 0.717) is 23.0 Å². The van der Waals surface area contributed by atoms with Crippen LogP contribution in [0.3, 0.4) is 0 Å². The Morgan fingerprint density at radius 2 is 0.866 bits per heavy atom. The summed E-state index contributed by atoms with van der Waals surface area (Å²) < 4.78 is 6.28. The third-order valence-electron chi connectivity index (χ3n) is 12.8. The van der Waals surface area contributed by atoms with Gasteiger partial charge in [-0.15, -0.1) is 0 Å². The summed E-state index contributed by atoms with van der Waals surface area (Å²) in [4.78, 5) is 25.2. The van der Waals surface area contributed by atoms with Crippen LogP contribution in [0.5, 0.6) is 0 Å². The number of nitriles is 1. The van der Waals surface area contributed by atoms with Crippen LogP contribution in [0.25, 0.3) is 133 Å². The molecule has 0 N–H and O–H groups in total. The number of aromatic nitrogens is 5. The summed E-state index contributed by atoms with van der Waals surface area (Å²) in [6.07, 6.45) is 3.72. The minimum atomic E-state index is 0.566. The zero-order valence-electron chi connectivity index (χ0n) is 35.7. The fraction of sp³-hybridized carbons (Fsp3) is 0. The average Bonchev–Trinajstić information content (AvgIpc) is 3.78. The topological polar surface area (TPSA) is 101 Å². The second-order valence-corrected chi connectivity index (χ2v) is 16.7. The van der Waals surface area contributed by atoms with Crippen LogP contribution in [0.1, 0.15) is 5.56 Å². The lowest BCUT2D eigenvalue weighted by Gasteiger charge is -2.17. The molecule has 67 heavy (non-hydrogen) atoms. The van der Waals surface area contributed by atoms with Gasteiger partial charge in [-0.25, -0.2) is 15.0 Å². The molecule has 310 valence electrons. The molecule has 0 unspecified atom stereocenters. The van der Waals surface area contributed by atoms with Crippen molar-refractivity contribution in [1.82, 2.24) is 24.9 Å². The number of furan rings is 1. The highest BCUT2D eigenvalue weighted by Crippen LogP contribution is 2.44. The van der Waals surface area contributed by atoms with Gasteiger partial charge in [0.2, 0.25) is 0 Å². The van der Waals surface area contributed by atoms with Crippen molar-refractivity contribution in [2.24, 2.45) is 0 Å². The molecule has 13 rings (SSSR count). The van der Waals surface area contributed by atoms with Crippen molar-refractivity contribution < 1.29 is 4.42 Å². The van der Waals surface area contributed by atoms with E-state index in [-0.39, 0.29) is 0 Å². The number of fused-ring (bicyclic) bond motifs is 9. The van der Waals surface area contributed by atoms with Gasteiger partial charge in [0.25, 0.3) is 0 Å². The second-order valence-electron chi connectivity index (χ2n) is 16.7. The van der Waals surface area contributed by atoms with E-state index in [0.717, 1.165) is 115 Å². The maximum Gasteiger partial charge on any atom is 0.164 e. The molecule has 0 aliphatic rings. The maximum atomic E-state index is 9.49. The molecule has 0 aliphatic carbocycles. The quantitative estimate of drug-likeness (QED) is 0.154. The smallest absolute Gasteiger partial charge is 0.164 e. The molecule has 9 aromatic carbocycles. The van der Waals surface area contributed by atoms with E-state index in [1.54, 1.807) is 0 Å². The van der Waals surface area contributed by atoms with Crippen molar-refractivity contribution in [2.45, 2.75) is 0 Å². The van der Waals surface area contributed by atoms with Gasteiger partial charge in [0.05, 0.1) is 22.7 Å². The van der Waals surface area contributed by atoms with E-state index in [1.807, 2.05) is 103 Å². The number of hydrogen-bond donors (Lipinski definition) is 0. The van der Waals surface area contributed by atoms with Gasteiger partial charge in [0.15, 0.2) is 17.5 Å². The van der Waals surface area contributed by atoms with Crippen LogP contribution >= 0.6 is 0 Å².